The van der Waals surface area contributed by atoms with E-state index in [0.717, 1.165) is 43.5 Å². The van der Waals surface area contributed by atoms with Gasteiger partial charge in [-0.1, -0.05) is 43.5 Å². The molecule has 2 heterocycles. The van der Waals surface area contributed by atoms with Gasteiger partial charge in [0.25, 0.3) is 0 Å². The summed E-state index contributed by atoms with van der Waals surface area (Å²) in [4.78, 5) is 11.4. The highest BCUT2D eigenvalue weighted by Crippen LogP contribution is 2.33. The van der Waals surface area contributed by atoms with E-state index in [1.807, 2.05) is 31.1 Å². The van der Waals surface area contributed by atoms with Gasteiger partial charge in [0.05, 0.1) is 5.69 Å². The van der Waals surface area contributed by atoms with Crippen molar-refractivity contribution in [2.75, 3.05) is 50.5 Å². The number of piperazine rings is 1. The Morgan fingerprint density at radius 2 is 1.66 bits per heavy atom. The molecule has 0 spiro atoms. The van der Waals surface area contributed by atoms with Crippen LogP contribution in [-0.2, 0) is 0 Å². The predicted molar refractivity (Wildman–Crippen MR) is 142 cm³/mol. The normalized spacial score (nSPS) is 21.7. The second kappa shape index (κ2) is 10.7. The average Bonchev–Trinajstić information content (AvgIpc) is 2.90. The minimum atomic E-state index is -0.163. The zero-order valence-corrected chi connectivity index (χ0v) is 20.9. The predicted octanol–water partition coefficient (Wildman–Crippen LogP) is 4.80. The Balaban J connectivity index is 1.23. The van der Waals surface area contributed by atoms with Crippen LogP contribution in [0, 0.1) is 5.82 Å². The van der Waals surface area contributed by atoms with Crippen molar-refractivity contribution in [1.82, 2.24) is 15.1 Å². The molecule has 35 heavy (non-hydrogen) atoms. The van der Waals surface area contributed by atoms with Crippen molar-refractivity contribution in [3.8, 4) is 0 Å². The fraction of sp³-hybridized carbons (Fsp3) is 0.464. The Bertz CT molecular complexity index is 1050. The number of anilines is 2. The van der Waals surface area contributed by atoms with Gasteiger partial charge in [0.2, 0.25) is 0 Å². The molecule has 2 fully saturated rings. The fourth-order valence-corrected chi connectivity index (χ4v) is 5.34. The van der Waals surface area contributed by atoms with E-state index in [1.54, 1.807) is 6.07 Å². The zero-order valence-electron chi connectivity index (χ0n) is 20.9. The molecule has 0 bridgehead atoms. The van der Waals surface area contributed by atoms with Crippen LogP contribution in [-0.4, -0.2) is 62.2 Å². The number of nitrogens with zero attached hydrogens (tertiary/aromatic N) is 4. The number of rotatable bonds is 5. The van der Waals surface area contributed by atoms with Gasteiger partial charge >= 0.3 is 0 Å². The van der Waals surface area contributed by atoms with Gasteiger partial charge in [-0.25, -0.2) is 9.38 Å². The molecule has 5 rings (SSSR count). The van der Waals surface area contributed by atoms with Gasteiger partial charge in [-0.2, -0.15) is 0 Å². The lowest BCUT2D eigenvalue weighted by Crippen LogP contribution is -2.56. The molecule has 2 aromatic carbocycles. The molecule has 186 valence electrons. The SMILES string of the molecule is CN(C)C1=NC(N2CCN(c3ccccc3F)CC2)NC(Nc2ccc(C3CCCCC3)cc2)=C1. The molecule has 7 heteroatoms. The van der Waals surface area contributed by atoms with Crippen LogP contribution in [0.3, 0.4) is 0 Å². The smallest absolute Gasteiger partial charge is 0.179 e. The quantitative estimate of drug-likeness (QED) is 0.649. The number of amidine groups is 1. The summed E-state index contributed by atoms with van der Waals surface area (Å²) in [6.45, 7) is 3.14. The topological polar surface area (TPSA) is 46.1 Å². The van der Waals surface area contributed by atoms with Crippen LogP contribution in [0.1, 0.15) is 43.6 Å². The molecule has 6 nitrogen and oxygen atoms in total. The van der Waals surface area contributed by atoms with Crippen molar-refractivity contribution in [3.63, 3.8) is 0 Å². The zero-order chi connectivity index (χ0) is 24.2. The highest BCUT2D eigenvalue weighted by molar-refractivity contribution is 5.94. The van der Waals surface area contributed by atoms with Crippen molar-refractivity contribution >= 4 is 17.2 Å². The molecule has 0 radical (unpaired) electrons. The second-order valence-corrected chi connectivity index (χ2v) is 10.0. The maximum atomic E-state index is 14.2. The molecule has 0 amide bonds. The Labute approximate surface area is 208 Å². The van der Waals surface area contributed by atoms with E-state index in [2.05, 4.69) is 50.8 Å². The molecule has 2 aromatic rings. The lowest BCUT2D eigenvalue weighted by Gasteiger charge is -2.40. The van der Waals surface area contributed by atoms with Crippen LogP contribution >= 0.6 is 0 Å². The van der Waals surface area contributed by atoms with Crippen LogP contribution in [0.25, 0.3) is 0 Å². The third-order valence-electron chi connectivity index (χ3n) is 7.39. The number of likely N-dealkylation sites (N-methyl/N-ethyl adjacent to an activating group) is 1. The largest absolute Gasteiger partial charge is 0.367 e. The van der Waals surface area contributed by atoms with Crippen LogP contribution in [0.5, 0.6) is 0 Å². The number of hydrogen-bond acceptors (Lipinski definition) is 6. The Morgan fingerprint density at radius 3 is 2.34 bits per heavy atom. The lowest BCUT2D eigenvalue weighted by molar-refractivity contribution is 0.168. The van der Waals surface area contributed by atoms with Gasteiger partial charge in [0.1, 0.15) is 17.5 Å². The van der Waals surface area contributed by atoms with Crippen LogP contribution in [0.4, 0.5) is 15.8 Å². The van der Waals surface area contributed by atoms with Gasteiger partial charge in [-0.05, 0) is 48.6 Å². The Kier molecular flexibility index (Phi) is 7.23. The van der Waals surface area contributed by atoms with E-state index >= 15 is 0 Å². The number of hydrogen-bond donors (Lipinski definition) is 2. The second-order valence-electron chi connectivity index (χ2n) is 10.0. The minimum absolute atomic E-state index is 0.159. The average molecular weight is 477 g/mol. The van der Waals surface area contributed by atoms with Crippen molar-refractivity contribution in [3.05, 3.63) is 71.8 Å². The van der Waals surface area contributed by atoms with Crippen LogP contribution in [0.2, 0.25) is 0 Å². The molecule has 3 aliphatic rings. The van der Waals surface area contributed by atoms with Crippen molar-refractivity contribution in [1.29, 1.82) is 0 Å². The summed E-state index contributed by atoms with van der Waals surface area (Å²) in [5, 5.41) is 7.13. The van der Waals surface area contributed by atoms with Gasteiger partial charge in [0.15, 0.2) is 6.29 Å². The van der Waals surface area contributed by atoms with Crippen molar-refractivity contribution in [2.45, 2.75) is 44.3 Å². The summed E-state index contributed by atoms with van der Waals surface area (Å²) in [5.41, 5.74) is 3.22. The molecular weight excluding hydrogens is 439 g/mol. The van der Waals surface area contributed by atoms with Gasteiger partial charge in [0, 0.05) is 52.0 Å². The van der Waals surface area contributed by atoms with Gasteiger partial charge < -0.3 is 20.4 Å². The highest BCUT2D eigenvalue weighted by atomic mass is 19.1. The van der Waals surface area contributed by atoms with Crippen molar-refractivity contribution < 1.29 is 4.39 Å². The fourth-order valence-electron chi connectivity index (χ4n) is 5.34. The molecule has 1 saturated heterocycles. The Hall–Kier alpha value is -3.06. The van der Waals surface area contributed by atoms with Gasteiger partial charge in [-0.3, -0.25) is 4.90 Å². The maximum Gasteiger partial charge on any atom is 0.179 e. The molecule has 1 atom stereocenters. The van der Waals surface area contributed by atoms with E-state index in [9.17, 15) is 4.39 Å². The third-order valence-corrected chi connectivity index (χ3v) is 7.39. The van der Waals surface area contributed by atoms with Crippen LogP contribution in [0.15, 0.2) is 65.4 Å². The molecule has 2 N–H and O–H groups in total. The lowest BCUT2D eigenvalue weighted by atomic mass is 9.84. The first-order valence-electron chi connectivity index (χ1n) is 12.9. The monoisotopic (exact) mass is 476 g/mol. The third kappa shape index (κ3) is 5.61. The highest BCUT2D eigenvalue weighted by Gasteiger charge is 2.27. The van der Waals surface area contributed by atoms with E-state index in [4.69, 9.17) is 4.99 Å². The number of para-hydroxylation sites is 1. The minimum Gasteiger partial charge on any atom is -0.367 e. The van der Waals surface area contributed by atoms with Gasteiger partial charge in [-0.15, -0.1) is 0 Å². The first-order valence-corrected chi connectivity index (χ1v) is 12.9. The summed E-state index contributed by atoms with van der Waals surface area (Å²) in [6, 6.07) is 16.0. The summed E-state index contributed by atoms with van der Waals surface area (Å²) in [5.74, 6) is 2.42. The summed E-state index contributed by atoms with van der Waals surface area (Å²) in [6.07, 6.45) is 8.60. The number of benzene rings is 2. The van der Waals surface area contributed by atoms with Crippen molar-refractivity contribution in [2.24, 2.45) is 4.99 Å². The molecular formula is C28H37FN6. The molecule has 2 aliphatic heterocycles. The van der Waals surface area contributed by atoms with E-state index in [0.29, 0.717) is 11.6 Å². The summed E-state index contributed by atoms with van der Waals surface area (Å²) >= 11 is 0. The summed E-state index contributed by atoms with van der Waals surface area (Å²) in [7, 11) is 4.04. The molecule has 1 saturated carbocycles. The van der Waals surface area contributed by atoms with Crippen LogP contribution < -0.4 is 15.5 Å². The molecule has 0 aromatic heterocycles. The first-order chi connectivity index (χ1) is 17.1. The number of halogens is 1. The van der Waals surface area contributed by atoms with E-state index < -0.39 is 0 Å². The Morgan fingerprint density at radius 1 is 0.943 bits per heavy atom. The first kappa shape index (κ1) is 23.7. The van der Waals surface area contributed by atoms with E-state index in [-0.39, 0.29) is 12.1 Å². The maximum absolute atomic E-state index is 14.2. The number of aliphatic imine (C=N–C) groups is 1. The molecule has 1 aliphatic carbocycles. The summed E-state index contributed by atoms with van der Waals surface area (Å²) < 4.78 is 14.2. The standard InChI is InChI=1S/C28H37FN6/c1-33(2)27-20-26(30-23-14-12-22(13-15-23)21-8-4-3-5-9-21)31-28(32-27)35-18-16-34(17-19-35)25-11-7-6-10-24(25)29/h6-7,10-15,20-21,28,30-31H,3-5,8-9,16-19H2,1-2H3. The molecule has 1 unspecified atom stereocenters. The number of nitrogens with one attached hydrogen (secondary N) is 2. The van der Waals surface area contributed by atoms with E-state index in [1.165, 1.54) is 43.7 Å².